The minimum Gasteiger partial charge on any atom is -0.314 e. The molecule has 1 atom stereocenters. The molecule has 0 aromatic carbocycles. The average molecular weight is 249 g/mol. The Hall–Kier alpha value is -1.49. The molecule has 5 heteroatoms. The van der Waals surface area contributed by atoms with Gasteiger partial charge in [0, 0.05) is 36.0 Å². The van der Waals surface area contributed by atoms with Crippen LogP contribution in [0.5, 0.6) is 0 Å². The van der Waals surface area contributed by atoms with Crippen LogP contribution in [0, 0.1) is 23.0 Å². The number of hydrogen-bond donors (Lipinski definition) is 1. The van der Waals surface area contributed by atoms with E-state index in [0.717, 1.165) is 18.7 Å². The molecule has 1 aliphatic rings. The SMILES string of the molecule is CCNC(Cc1cc([N+](=O)[O-])c(C)cn1)C1CC1. The first-order valence-electron chi connectivity index (χ1n) is 6.45. The maximum absolute atomic E-state index is 10.9. The standard InChI is InChI=1S/C13H19N3O2/c1-3-14-12(10-4-5-10)6-11-7-13(16(17)18)9(2)8-15-11/h7-8,10,12,14H,3-6H2,1-2H3. The van der Waals surface area contributed by atoms with Crippen LogP contribution in [0.2, 0.25) is 0 Å². The molecule has 1 N–H and O–H groups in total. The maximum atomic E-state index is 10.9. The van der Waals surface area contributed by atoms with Crippen molar-refractivity contribution in [1.82, 2.24) is 10.3 Å². The van der Waals surface area contributed by atoms with Crippen molar-refractivity contribution in [1.29, 1.82) is 0 Å². The molecule has 1 heterocycles. The van der Waals surface area contributed by atoms with E-state index in [1.54, 1.807) is 19.2 Å². The van der Waals surface area contributed by atoms with Crippen LogP contribution in [-0.2, 0) is 6.42 Å². The predicted octanol–water partition coefficient (Wildman–Crippen LogP) is 2.23. The van der Waals surface area contributed by atoms with E-state index in [1.165, 1.54) is 12.8 Å². The molecular weight excluding hydrogens is 230 g/mol. The van der Waals surface area contributed by atoms with Gasteiger partial charge in [0.2, 0.25) is 0 Å². The van der Waals surface area contributed by atoms with Gasteiger partial charge in [0.25, 0.3) is 5.69 Å². The van der Waals surface area contributed by atoms with Crippen LogP contribution >= 0.6 is 0 Å². The van der Waals surface area contributed by atoms with Crippen molar-refractivity contribution in [2.75, 3.05) is 6.54 Å². The lowest BCUT2D eigenvalue weighted by atomic mass is 10.1. The van der Waals surface area contributed by atoms with Gasteiger partial charge < -0.3 is 5.32 Å². The molecule has 1 saturated carbocycles. The third-order valence-electron chi connectivity index (χ3n) is 3.41. The Morgan fingerprint density at radius 2 is 2.33 bits per heavy atom. The summed E-state index contributed by atoms with van der Waals surface area (Å²) in [4.78, 5) is 14.9. The maximum Gasteiger partial charge on any atom is 0.275 e. The highest BCUT2D eigenvalue weighted by atomic mass is 16.6. The number of rotatable bonds is 6. The lowest BCUT2D eigenvalue weighted by molar-refractivity contribution is -0.385. The predicted molar refractivity (Wildman–Crippen MR) is 69.5 cm³/mol. The van der Waals surface area contributed by atoms with Crippen molar-refractivity contribution in [3.63, 3.8) is 0 Å². The molecule has 1 fully saturated rings. The highest BCUT2D eigenvalue weighted by Crippen LogP contribution is 2.34. The summed E-state index contributed by atoms with van der Waals surface area (Å²) in [5.41, 5.74) is 1.60. The fourth-order valence-electron chi connectivity index (χ4n) is 2.25. The minimum absolute atomic E-state index is 0.172. The Morgan fingerprint density at radius 3 is 2.89 bits per heavy atom. The Kier molecular flexibility index (Phi) is 3.91. The second kappa shape index (κ2) is 5.44. The molecule has 1 unspecified atom stereocenters. The third kappa shape index (κ3) is 3.04. The molecule has 18 heavy (non-hydrogen) atoms. The van der Waals surface area contributed by atoms with Crippen molar-refractivity contribution >= 4 is 5.69 Å². The van der Waals surface area contributed by atoms with Gasteiger partial charge in [-0.15, -0.1) is 0 Å². The topological polar surface area (TPSA) is 68.1 Å². The summed E-state index contributed by atoms with van der Waals surface area (Å²) >= 11 is 0. The van der Waals surface area contributed by atoms with Crippen LogP contribution in [0.4, 0.5) is 5.69 Å². The molecule has 0 spiro atoms. The summed E-state index contributed by atoms with van der Waals surface area (Å²) in [5.74, 6) is 0.715. The molecule has 1 aromatic heterocycles. The van der Waals surface area contributed by atoms with E-state index >= 15 is 0 Å². The Labute approximate surface area is 107 Å². The first-order valence-corrected chi connectivity index (χ1v) is 6.45. The van der Waals surface area contributed by atoms with Gasteiger partial charge in [-0.1, -0.05) is 6.92 Å². The van der Waals surface area contributed by atoms with Gasteiger partial charge in [-0.2, -0.15) is 0 Å². The largest absolute Gasteiger partial charge is 0.314 e. The van der Waals surface area contributed by atoms with E-state index in [1.807, 2.05) is 0 Å². The molecule has 1 aromatic rings. The van der Waals surface area contributed by atoms with Crippen LogP contribution in [0.25, 0.3) is 0 Å². The van der Waals surface area contributed by atoms with Gasteiger partial charge in [0.05, 0.1) is 4.92 Å². The number of aryl methyl sites for hydroxylation is 1. The number of nitro groups is 1. The Bertz CT molecular complexity index is 444. The van der Waals surface area contributed by atoms with Gasteiger partial charge in [-0.05, 0) is 32.2 Å². The zero-order chi connectivity index (χ0) is 13.1. The fraction of sp³-hybridized carbons (Fsp3) is 0.615. The summed E-state index contributed by atoms with van der Waals surface area (Å²) < 4.78 is 0. The molecule has 0 bridgehead atoms. The third-order valence-corrected chi connectivity index (χ3v) is 3.41. The summed E-state index contributed by atoms with van der Waals surface area (Å²) in [6.45, 7) is 4.73. The molecule has 0 saturated heterocycles. The second-order valence-corrected chi connectivity index (χ2v) is 4.92. The number of pyridine rings is 1. The summed E-state index contributed by atoms with van der Waals surface area (Å²) in [7, 11) is 0. The smallest absolute Gasteiger partial charge is 0.275 e. The van der Waals surface area contributed by atoms with E-state index < -0.39 is 0 Å². The molecule has 0 radical (unpaired) electrons. The summed E-state index contributed by atoms with van der Waals surface area (Å²) in [6.07, 6.45) is 4.89. The summed E-state index contributed by atoms with van der Waals surface area (Å²) in [6, 6.07) is 2.02. The quantitative estimate of drug-likeness (QED) is 0.620. The highest BCUT2D eigenvalue weighted by Gasteiger charge is 2.31. The Morgan fingerprint density at radius 1 is 1.61 bits per heavy atom. The van der Waals surface area contributed by atoms with Gasteiger partial charge in [0.15, 0.2) is 0 Å². The van der Waals surface area contributed by atoms with Crippen LogP contribution in [0.3, 0.4) is 0 Å². The molecule has 0 amide bonds. The van der Waals surface area contributed by atoms with Crippen molar-refractivity contribution in [2.45, 2.75) is 39.2 Å². The number of hydrogen-bond acceptors (Lipinski definition) is 4. The van der Waals surface area contributed by atoms with E-state index in [9.17, 15) is 10.1 Å². The minimum atomic E-state index is -0.333. The van der Waals surface area contributed by atoms with Crippen molar-refractivity contribution in [3.8, 4) is 0 Å². The zero-order valence-electron chi connectivity index (χ0n) is 10.8. The molecular formula is C13H19N3O2. The second-order valence-electron chi connectivity index (χ2n) is 4.92. The fourth-order valence-corrected chi connectivity index (χ4v) is 2.25. The van der Waals surface area contributed by atoms with E-state index in [-0.39, 0.29) is 10.6 Å². The normalized spacial score (nSPS) is 16.6. The molecule has 1 aliphatic carbocycles. The van der Waals surface area contributed by atoms with E-state index in [0.29, 0.717) is 17.5 Å². The molecule has 2 rings (SSSR count). The van der Waals surface area contributed by atoms with E-state index in [4.69, 9.17) is 0 Å². The van der Waals surface area contributed by atoms with Gasteiger partial charge in [0.1, 0.15) is 0 Å². The molecule has 98 valence electrons. The van der Waals surface area contributed by atoms with Crippen molar-refractivity contribution < 1.29 is 4.92 Å². The Balaban J connectivity index is 2.12. The first-order chi connectivity index (χ1) is 8.61. The van der Waals surface area contributed by atoms with Gasteiger partial charge in [-0.25, -0.2) is 0 Å². The number of likely N-dealkylation sites (N-methyl/N-ethyl adjacent to an activating group) is 1. The van der Waals surface area contributed by atoms with Crippen LogP contribution in [0.15, 0.2) is 12.3 Å². The monoisotopic (exact) mass is 249 g/mol. The lowest BCUT2D eigenvalue weighted by Crippen LogP contribution is -2.33. The number of nitrogens with one attached hydrogen (secondary N) is 1. The molecule has 5 nitrogen and oxygen atoms in total. The zero-order valence-corrected chi connectivity index (χ0v) is 10.8. The van der Waals surface area contributed by atoms with E-state index in [2.05, 4.69) is 17.2 Å². The van der Waals surface area contributed by atoms with Crippen molar-refractivity contribution in [3.05, 3.63) is 33.6 Å². The first kappa shape index (κ1) is 13.0. The average Bonchev–Trinajstić information content (AvgIpc) is 3.14. The lowest BCUT2D eigenvalue weighted by Gasteiger charge is -2.16. The highest BCUT2D eigenvalue weighted by molar-refractivity contribution is 5.38. The van der Waals surface area contributed by atoms with Crippen LogP contribution in [0.1, 0.15) is 31.0 Å². The van der Waals surface area contributed by atoms with Crippen molar-refractivity contribution in [2.24, 2.45) is 5.92 Å². The van der Waals surface area contributed by atoms with Gasteiger partial charge >= 0.3 is 0 Å². The molecule has 0 aliphatic heterocycles. The summed E-state index contributed by atoms with van der Waals surface area (Å²) in [5, 5.41) is 14.3. The number of aromatic nitrogens is 1. The number of nitrogens with zero attached hydrogens (tertiary/aromatic N) is 2. The van der Waals surface area contributed by atoms with Crippen LogP contribution in [-0.4, -0.2) is 22.5 Å². The van der Waals surface area contributed by atoms with Crippen LogP contribution < -0.4 is 5.32 Å². The van der Waals surface area contributed by atoms with Gasteiger partial charge in [-0.3, -0.25) is 15.1 Å².